The summed E-state index contributed by atoms with van der Waals surface area (Å²) in [5.41, 5.74) is -1.67. The molecule has 21 heavy (non-hydrogen) atoms. The highest BCUT2D eigenvalue weighted by Gasteiger charge is 2.34. The van der Waals surface area contributed by atoms with E-state index in [2.05, 4.69) is 5.32 Å². The molecule has 1 aromatic rings. The van der Waals surface area contributed by atoms with Crippen LogP contribution in [0.2, 0.25) is 5.02 Å². The molecule has 7 nitrogen and oxygen atoms in total. The number of nitro groups is 1. The highest BCUT2D eigenvalue weighted by molar-refractivity contribution is 6.34. The van der Waals surface area contributed by atoms with Crippen molar-refractivity contribution < 1.29 is 19.6 Å². The minimum absolute atomic E-state index is 0.00848. The number of carboxylic acids is 1. The molecular weight excluding hydrogens is 300 g/mol. The van der Waals surface area contributed by atoms with Crippen LogP contribution in [-0.4, -0.2) is 27.4 Å². The fourth-order valence-corrected chi connectivity index (χ4v) is 2.10. The number of carbonyl (C=O) groups is 2. The van der Waals surface area contributed by atoms with Crippen LogP contribution in [0.15, 0.2) is 18.2 Å². The summed E-state index contributed by atoms with van der Waals surface area (Å²) < 4.78 is 0. The molecule has 0 spiro atoms. The van der Waals surface area contributed by atoms with Crippen LogP contribution in [0.3, 0.4) is 0 Å². The summed E-state index contributed by atoms with van der Waals surface area (Å²) in [5, 5.41) is 22.1. The fraction of sp³-hybridized carbons (Fsp3) is 0.385. The van der Waals surface area contributed by atoms with E-state index in [1.54, 1.807) is 6.92 Å². The lowest BCUT2D eigenvalue weighted by Gasteiger charge is -2.25. The Bertz CT molecular complexity index is 590. The molecule has 1 rings (SSSR count). The highest BCUT2D eigenvalue weighted by Crippen LogP contribution is 2.23. The zero-order valence-electron chi connectivity index (χ0n) is 11.6. The average molecular weight is 315 g/mol. The molecule has 0 saturated carbocycles. The van der Waals surface area contributed by atoms with E-state index in [4.69, 9.17) is 11.6 Å². The number of hydrogen-bond donors (Lipinski definition) is 2. The number of rotatable bonds is 6. The van der Waals surface area contributed by atoms with Crippen molar-refractivity contribution in [2.24, 2.45) is 0 Å². The van der Waals surface area contributed by atoms with Crippen LogP contribution in [0.4, 0.5) is 5.69 Å². The van der Waals surface area contributed by atoms with E-state index in [-0.39, 0.29) is 22.7 Å². The van der Waals surface area contributed by atoms with Crippen LogP contribution in [0, 0.1) is 10.1 Å². The number of nitro benzene ring substituents is 1. The number of carbonyl (C=O) groups excluding carboxylic acids is 1. The van der Waals surface area contributed by atoms with Gasteiger partial charge in [0.1, 0.15) is 5.54 Å². The Hall–Kier alpha value is -2.15. The predicted octanol–water partition coefficient (Wildman–Crippen LogP) is 2.62. The smallest absolute Gasteiger partial charge is 0.329 e. The number of non-ortho nitro benzene ring substituents is 1. The average Bonchev–Trinajstić information content (AvgIpc) is 2.38. The highest BCUT2D eigenvalue weighted by atomic mass is 35.5. The Kier molecular flexibility index (Phi) is 5.26. The normalized spacial score (nSPS) is 13.3. The first kappa shape index (κ1) is 16.9. The molecule has 0 aromatic heterocycles. The summed E-state index contributed by atoms with van der Waals surface area (Å²) in [4.78, 5) is 33.4. The standard InChI is InChI=1S/C13H15ClN2O5/c1-3-6-13(2,12(18)19)15-11(17)9-5-4-8(16(20)21)7-10(9)14/h4-5,7H,3,6H2,1-2H3,(H,15,17)(H,18,19). The molecular formula is C13H15ClN2O5. The summed E-state index contributed by atoms with van der Waals surface area (Å²) >= 11 is 5.84. The first-order chi connectivity index (χ1) is 9.71. The van der Waals surface area contributed by atoms with Crippen LogP contribution in [0.5, 0.6) is 0 Å². The van der Waals surface area contributed by atoms with Crippen LogP contribution in [-0.2, 0) is 4.79 Å². The third-order valence-electron chi connectivity index (χ3n) is 3.02. The number of nitrogens with zero attached hydrogens (tertiary/aromatic N) is 1. The lowest BCUT2D eigenvalue weighted by molar-refractivity contribution is -0.384. The number of hydrogen-bond acceptors (Lipinski definition) is 4. The summed E-state index contributed by atoms with van der Waals surface area (Å²) in [6.45, 7) is 3.20. The number of halogens is 1. The van der Waals surface area contributed by atoms with Crippen LogP contribution < -0.4 is 5.32 Å². The molecule has 0 bridgehead atoms. The third-order valence-corrected chi connectivity index (χ3v) is 3.33. The van der Waals surface area contributed by atoms with E-state index in [0.717, 1.165) is 12.1 Å². The molecule has 1 atom stereocenters. The number of amides is 1. The maximum atomic E-state index is 12.1. The van der Waals surface area contributed by atoms with Crippen molar-refractivity contribution in [3.63, 3.8) is 0 Å². The van der Waals surface area contributed by atoms with Gasteiger partial charge in [-0.15, -0.1) is 0 Å². The van der Waals surface area contributed by atoms with Crippen molar-refractivity contribution in [2.45, 2.75) is 32.2 Å². The van der Waals surface area contributed by atoms with Crippen LogP contribution in [0.1, 0.15) is 37.0 Å². The topological polar surface area (TPSA) is 110 Å². The molecule has 114 valence electrons. The Morgan fingerprint density at radius 3 is 2.52 bits per heavy atom. The third kappa shape index (κ3) is 3.91. The second-order valence-corrected chi connectivity index (χ2v) is 5.17. The minimum Gasteiger partial charge on any atom is -0.480 e. The van der Waals surface area contributed by atoms with E-state index in [1.165, 1.54) is 13.0 Å². The summed E-state index contributed by atoms with van der Waals surface area (Å²) in [6, 6.07) is 3.39. The van der Waals surface area contributed by atoms with Gasteiger partial charge in [0.15, 0.2) is 0 Å². The number of aliphatic carboxylic acids is 1. The molecule has 0 heterocycles. The molecule has 0 aliphatic carbocycles. The summed E-state index contributed by atoms with van der Waals surface area (Å²) in [6.07, 6.45) is 0.815. The second kappa shape index (κ2) is 6.53. The Morgan fingerprint density at radius 1 is 1.48 bits per heavy atom. The van der Waals surface area contributed by atoms with E-state index in [1.807, 2.05) is 0 Å². The van der Waals surface area contributed by atoms with Gasteiger partial charge in [0.25, 0.3) is 11.6 Å². The second-order valence-electron chi connectivity index (χ2n) is 4.76. The van der Waals surface area contributed by atoms with Gasteiger partial charge in [0, 0.05) is 12.1 Å². The first-order valence-corrected chi connectivity index (χ1v) is 6.59. The largest absolute Gasteiger partial charge is 0.480 e. The molecule has 0 fully saturated rings. The van der Waals surface area contributed by atoms with Gasteiger partial charge in [-0.05, 0) is 19.4 Å². The molecule has 2 N–H and O–H groups in total. The number of carboxylic acid groups (broad SMARTS) is 1. The number of benzene rings is 1. The van der Waals surface area contributed by atoms with Gasteiger partial charge in [-0.3, -0.25) is 14.9 Å². The molecule has 0 aliphatic rings. The van der Waals surface area contributed by atoms with Gasteiger partial charge in [0.05, 0.1) is 15.5 Å². The molecule has 0 radical (unpaired) electrons. The van der Waals surface area contributed by atoms with Crippen molar-refractivity contribution in [2.75, 3.05) is 0 Å². The molecule has 1 amide bonds. The van der Waals surface area contributed by atoms with Crippen molar-refractivity contribution in [3.05, 3.63) is 38.9 Å². The molecule has 0 saturated heterocycles. The maximum absolute atomic E-state index is 12.1. The Labute approximate surface area is 126 Å². The zero-order chi connectivity index (χ0) is 16.2. The van der Waals surface area contributed by atoms with Gasteiger partial charge in [-0.1, -0.05) is 24.9 Å². The van der Waals surface area contributed by atoms with Gasteiger partial charge >= 0.3 is 5.97 Å². The van der Waals surface area contributed by atoms with Gasteiger partial charge < -0.3 is 10.4 Å². The van der Waals surface area contributed by atoms with E-state index >= 15 is 0 Å². The van der Waals surface area contributed by atoms with E-state index in [9.17, 15) is 24.8 Å². The van der Waals surface area contributed by atoms with Gasteiger partial charge in [0.2, 0.25) is 0 Å². The first-order valence-electron chi connectivity index (χ1n) is 6.21. The number of nitrogens with one attached hydrogen (secondary N) is 1. The van der Waals surface area contributed by atoms with Crippen molar-refractivity contribution in [1.29, 1.82) is 0 Å². The van der Waals surface area contributed by atoms with Crippen LogP contribution in [0.25, 0.3) is 0 Å². The van der Waals surface area contributed by atoms with Crippen molar-refractivity contribution in [1.82, 2.24) is 5.32 Å². The Morgan fingerprint density at radius 2 is 2.10 bits per heavy atom. The molecule has 1 unspecified atom stereocenters. The Balaban J connectivity index is 3.04. The zero-order valence-corrected chi connectivity index (χ0v) is 12.3. The maximum Gasteiger partial charge on any atom is 0.329 e. The lowest BCUT2D eigenvalue weighted by atomic mass is 9.95. The van der Waals surface area contributed by atoms with Gasteiger partial charge in [-0.25, -0.2) is 4.79 Å². The predicted molar refractivity (Wildman–Crippen MR) is 76.5 cm³/mol. The summed E-state index contributed by atoms with van der Waals surface area (Å²) in [5.74, 6) is -1.84. The fourth-order valence-electron chi connectivity index (χ4n) is 1.84. The lowest BCUT2D eigenvalue weighted by Crippen LogP contribution is -2.52. The minimum atomic E-state index is -1.42. The van der Waals surface area contributed by atoms with Crippen LogP contribution >= 0.6 is 11.6 Å². The van der Waals surface area contributed by atoms with E-state index < -0.39 is 22.3 Å². The summed E-state index contributed by atoms with van der Waals surface area (Å²) in [7, 11) is 0. The molecule has 0 aliphatic heterocycles. The molecule has 1 aromatic carbocycles. The molecule has 8 heteroatoms. The SMILES string of the molecule is CCCC(C)(NC(=O)c1ccc([N+](=O)[O-])cc1Cl)C(=O)O. The monoisotopic (exact) mass is 314 g/mol. The van der Waals surface area contributed by atoms with Crippen molar-refractivity contribution in [3.8, 4) is 0 Å². The van der Waals surface area contributed by atoms with E-state index in [0.29, 0.717) is 6.42 Å². The van der Waals surface area contributed by atoms with Gasteiger partial charge in [-0.2, -0.15) is 0 Å². The van der Waals surface area contributed by atoms with Crippen molar-refractivity contribution >= 4 is 29.2 Å². The quantitative estimate of drug-likeness (QED) is 0.619.